The summed E-state index contributed by atoms with van der Waals surface area (Å²) >= 11 is 5.70. The second kappa shape index (κ2) is 7.81. The molecule has 0 saturated heterocycles. The van der Waals surface area contributed by atoms with E-state index in [0.29, 0.717) is 0 Å². The summed E-state index contributed by atoms with van der Waals surface area (Å²) in [5.74, 6) is 1.58. The molecule has 0 unspecified atom stereocenters. The van der Waals surface area contributed by atoms with Crippen molar-refractivity contribution in [3.8, 4) is 22.8 Å². The molecule has 0 fully saturated rings. The second-order valence-electron chi connectivity index (χ2n) is 7.11. The van der Waals surface area contributed by atoms with Gasteiger partial charge in [0.05, 0.1) is 26.6 Å². The zero-order valence-corrected chi connectivity index (χ0v) is 17.3. The van der Waals surface area contributed by atoms with E-state index in [1.807, 2.05) is 13.1 Å². The molecule has 5 nitrogen and oxygen atoms in total. The Morgan fingerprint density at radius 2 is 1.68 bits per heavy atom. The molecular formula is C22H25N3O2S. The predicted molar refractivity (Wildman–Crippen MR) is 113 cm³/mol. The van der Waals surface area contributed by atoms with Gasteiger partial charge in [0.2, 0.25) is 0 Å². The zero-order chi connectivity index (χ0) is 19.7. The molecule has 2 heterocycles. The molecule has 2 aromatic carbocycles. The van der Waals surface area contributed by atoms with Crippen LogP contribution in [0.25, 0.3) is 11.3 Å². The van der Waals surface area contributed by atoms with Crippen molar-refractivity contribution in [2.24, 2.45) is 7.05 Å². The van der Waals surface area contributed by atoms with E-state index in [0.717, 1.165) is 48.1 Å². The standard InChI is InChI=1S/C22H25N3O2S/c1-23-19(16-7-5-4-6-8-16)14-25(22(23)28)15-24-10-9-17-11-20(26-2)21(27-3)12-18(17)13-24/h4-8,11-12,14H,9-10,13,15H2,1-3H3. The molecule has 0 spiro atoms. The topological polar surface area (TPSA) is 31.6 Å². The minimum Gasteiger partial charge on any atom is -0.493 e. The summed E-state index contributed by atoms with van der Waals surface area (Å²) in [5, 5.41) is 0. The Morgan fingerprint density at radius 1 is 1.00 bits per heavy atom. The molecule has 0 aliphatic carbocycles. The third-order valence-electron chi connectivity index (χ3n) is 5.39. The molecule has 6 heteroatoms. The molecule has 0 amide bonds. The fourth-order valence-corrected chi connectivity index (χ4v) is 4.05. The lowest BCUT2D eigenvalue weighted by molar-refractivity contribution is 0.198. The molecule has 28 heavy (non-hydrogen) atoms. The molecule has 146 valence electrons. The van der Waals surface area contributed by atoms with Gasteiger partial charge in [-0.25, -0.2) is 0 Å². The maximum atomic E-state index is 5.70. The molecule has 0 atom stereocenters. The van der Waals surface area contributed by atoms with Crippen molar-refractivity contribution in [1.29, 1.82) is 0 Å². The number of benzene rings is 2. The summed E-state index contributed by atoms with van der Waals surface area (Å²) in [6, 6.07) is 14.6. The Bertz CT molecular complexity index is 1040. The van der Waals surface area contributed by atoms with Gasteiger partial charge in [-0.15, -0.1) is 0 Å². The van der Waals surface area contributed by atoms with Crippen molar-refractivity contribution < 1.29 is 9.47 Å². The molecule has 0 saturated carbocycles. The maximum absolute atomic E-state index is 5.70. The third kappa shape index (κ3) is 3.45. The van der Waals surface area contributed by atoms with Crippen LogP contribution in [0.4, 0.5) is 0 Å². The largest absolute Gasteiger partial charge is 0.493 e. The highest BCUT2D eigenvalue weighted by Crippen LogP contribution is 2.33. The Hall–Kier alpha value is -2.57. The SMILES string of the molecule is COc1cc2c(cc1OC)CN(Cn1cc(-c3ccccc3)n(C)c1=S)CC2. The molecule has 1 aliphatic rings. The number of ether oxygens (including phenoxy) is 2. The maximum Gasteiger partial charge on any atom is 0.181 e. The van der Waals surface area contributed by atoms with Crippen molar-refractivity contribution in [2.75, 3.05) is 20.8 Å². The average molecular weight is 396 g/mol. The van der Waals surface area contributed by atoms with Gasteiger partial charge in [0.25, 0.3) is 0 Å². The number of aromatic nitrogens is 2. The van der Waals surface area contributed by atoms with E-state index in [4.69, 9.17) is 21.7 Å². The lowest BCUT2D eigenvalue weighted by Gasteiger charge is -2.29. The van der Waals surface area contributed by atoms with Gasteiger partial charge in [0.15, 0.2) is 16.3 Å². The van der Waals surface area contributed by atoms with Gasteiger partial charge in [0.1, 0.15) is 0 Å². The van der Waals surface area contributed by atoms with Crippen LogP contribution in [0.15, 0.2) is 48.7 Å². The van der Waals surface area contributed by atoms with Gasteiger partial charge in [-0.1, -0.05) is 30.3 Å². The van der Waals surface area contributed by atoms with E-state index >= 15 is 0 Å². The quantitative estimate of drug-likeness (QED) is 0.604. The van der Waals surface area contributed by atoms with Crippen molar-refractivity contribution >= 4 is 12.2 Å². The van der Waals surface area contributed by atoms with Gasteiger partial charge < -0.3 is 18.6 Å². The second-order valence-corrected chi connectivity index (χ2v) is 7.48. The minimum atomic E-state index is 0.771. The monoisotopic (exact) mass is 395 g/mol. The first-order valence-corrected chi connectivity index (χ1v) is 9.79. The van der Waals surface area contributed by atoms with Crippen molar-refractivity contribution in [3.63, 3.8) is 0 Å². The lowest BCUT2D eigenvalue weighted by Crippen LogP contribution is -2.32. The lowest BCUT2D eigenvalue weighted by atomic mass is 9.99. The van der Waals surface area contributed by atoms with Crippen LogP contribution in [0.2, 0.25) is 0 Å². The Balaban J connectivity index is 1.58. The number of hydrogen-bond acceptors (Lipinski definition) is 4. The van der Waals surface area contributed by atoms with Gasteiger partial charge in [-0.2, -0.15) is 0 Å². The van der Waals surface area contributed by atoms with Gasteiger partial charge in [-0.05, 0) is 47.5 Å². The number of hydrogen-bond donors (Lipinski definition) is 0. The van der Waals surface area contributed by atoms with Crippen molar-refractivity contribution in [3.05, 3.63) is 64.6 Å². The van der Waals surface area contributed by atoms with Crippen molar-refractivity contribution in [2.45, 2.75) is 19.6 Å². The fourth-order valence-electron chi connectivity index (χ4n) is 3.84. The first-order chi connectivity index (χ1) is 13.6. The van der Waals surface area contributed by atoms with Gasteiger partial charge >= 0.3 is 0 Å². The molecule has 1 aliphatic heterocycles. The van der Waals surface area contributed by atoms with E-state index in [9.17, 15) is 0 Å². The highest BCUT2D eigenvalue weighted by Gasteiger charge is 2.20. The number of imidazole rings is 1. The van der Waals surface area contributed by atoms with Crippen LogP contribution in [0, 0.1) is 4.77 Å². The minimum absolute atomic E-state index is 0.771. The van der Waals surface area contributed by atoms with Crippen LogP contribution >= 0.6 is 12.2 Å². The fraction of sp³-hybridized carbons (Fsp3) is 0.318. The molecule has 4 rings (SSSR count). The van der Waals surface area contributed by atoms with Crippen LogP contribution < -0.4 is 9.47 Å². The van der Waals surface area contributed by atoms with Crippen molar-refractivity contribution in [1.82, 2.24) is 14.0 Å². The van der Waals surface area contributed by atoms with Crippen LogP contribution in [-0.4, -0.2) is 34.8 Å². The summed E-state index contributed by atoms with van der Waals surface area (Å²) in [7, 11) is 5.39. The molecular weight excluding hydrogens is 370 g/mol. The Morgan fingerprint density at radius 3 is 2.36 bits per heavy atom. The number of methoxy groups -OCH3 is 2. The summed E-state index contributed by atoms with van der Waals surface area (Å²) < 4.78 is 16.0. The predicted octanol–water partition coefficient (Wildman–Crippen LogP) is 4.26. The Labute approximate surface area is 170 Å². The highest BCUT2D eigenvalue weighted by atomic mass is 32.1. The molecule has 0 N–H and O–H groups in total. The van der Waals surface area contributed by atoms with E-state index in [1.54, 1.807) is 14.2 Å². The summed E-state index contributed by atoms with van der Waals surface area (Å²) in [6.07, 6.45) is 3.14. The van der Waals surface area contributed by atoms with E-state index in [1.165, 1.54) is 16.7 Å². The number of nitrogens with zero attached hydrogens (tertiary/aromatic N) is 3. The summed E-state index contributed by atoms with van der Waals surface area (Å²) in [5.41, 5.74) is 4.93. The molecule has 3 aromatic rings. The van der Waals surface area contributed by atoms with Crippen LogP contribution in [0.5, 0.6) is 11.5 Å². The van der Waals surface area contributed by atoms with Crippen LogP contribution in [0.1, 0.15) is 11.1 Å². The number of fused-ring (bicyclic) bond motifs is 1. The van der Waals surface area contributed by atoms with E-state index < -0.39 is 0 Å². The third-order valence-corrected chi connectivity index (χ3v) is 5.90. The van der Waals surface area contributed by atoms with E-state index in [2.05, 4.69) is 56.6 Å². The molecule has 1 aromatic heterocycles. The highest BCUT2D eigenvalue weighted by molar-refractivity contribution is 7.71. The van der Waals surface area contributed by atoms with Gasteiger partial charge in [-0.3, -0.25) is 4.90 Å². The first-order valence-electron chi connectivity index (χ1n) is 9.38. The molecule has 0 radical (unpaired) electrons. The molecule has 0 bridgehead atoms. The summed E-state index contributed by atoms with van der Waals surface area (Å²) in [6.45, 7) is 2.63. The zero-order valence-electron chi connectivity index (χ0n) is 16.5. The normalized spacial score (nSPS) is 14.0. The van der Waals surface area contributed by atoms with Crippen LogP contribution in [-0.2, 0) is 26.7 Å². The van der Waals surface area contributed by atoms with Crippen LogP contribution in [0.3, 0.4) is 0 Å². The summed E-state index contributed by atoms with van der Waals surface area (Å²) in [4.78, 5) is 2.42. The number of rotatable bonds is 5. The first kappa shape index (κ1) is 18.8. The average Bonchev–Trinajstić information content (AvgIpc) is 3.01. The smallest absolute Gasteiger partial charge is 0.181 e. The van der Waals surface area contributed by atoms with E-state index in [-0.39, 0.29) is 0 Å². The Kier molecular flexibility index (Phi) is 5.24. The van der Waals surface area contributed by atoms with Gasteiger partial charge in [0, 0.05) is 26.3 Å².